The van der Waals surface area contributed by atoms with Gasteiger partial charge in [0.2, 0.25) is 5.88 Å². The molecule has 6 rings (SSSR count). The van der Waals surface area contributed by atoms with E-state index in [1.54, 1.807) is 37.8 Å². The van der Waals surface area contributed by atoms with Crippen molar-refractivity contribution in [2.75, 3.05) is 24.3 Å². The van der Waals surface area contributed by atoms with Crippen molar-refractivity contribution in [2.45, 2.75) is 50.3 Å². The number of benzene rings is 2. The molecular weight excluding hydrogens is 648 g/mol. The summed E-state index contributed by atoms with van der Waals surface area (Å²) in [6, 6.07) is 20.5. The van der Waals surface area contributed by atoms with Gasteiger partial charge in [-0.25, -0.2) is 14.6 Å². The molecule has 3 amide bonds. The lowest BCUT2D eigenvalue weighted by atomic mass is 10.00. The Labute approximate surface area is 286 Å². The molecule has 4 heterocycles. The summed E-state index contributed by atoms with van der Waals surface area (Å²) in [5.41, 5.74) is 1.60. The minimum Gasteiger partial charge on any atom is -0.481 e. The molecule has 0 unspecified atom stereocenters. The molecule has 1 N–H and O–H groups in total. The van der Waals surface area contributed by atoms with Crippen LogP contribution in [0.5, 0.6) is 5.88 Å². The van der Waals surface area contributed by atoms with Gasteiger partial charge in [0.05, 0.1) is 35.5 Å². The number of esters is 1. The van der Waals surface area contributed by atoms with Crippen LogP contribution in [0.2, 0.25) is 0 Å². The van der Waals surface area contributed by atoms with Gasteiger partial charge in [-0.15, -0.1) is 0 Å². The Balaban J connectivity index is 1.36. The molecule has 13 heteroatoms. The highest BCUT2D eigenvalue weighted by Crippen LogP contribution is 2.39. The predicted octanol–water partition coefficient (Wildman–Crippen LogP) is 4.16. The van der Waals surface area contributed by atoms with E-state index < -0.39 is 51.9 Å². The van der Waals surface area contributed by atoms with Crippen LogP contribution in [0.1, 0.15) is 44.4 Å². The zero-order valence-electron chi connectivity index (χ0n) is 27.5. The average Bonchev–Trinajstić information content (AvgIpc) is 3.45. The predicted molar refractivity (Wildman–Crippen MR) is 180 cm³/mol. The topological polar surface area (TPSA) is 144 Å². The molecule has 2 fully saturated rings. The molecule has 3 atom stereocenters. The number of allylic oxidation sites excluding steroid dienone is 1. The van der Waals surface area contributed by atoms with E-state index in [9.17, 15) is 23.4 Å². The molecule has 2 aromatic carbocycles. The van der Waals surface area contributed by atoms with Gasteiger partial charge in [-0.05, 0) is 56.0 Å². The van der Waals surface area contributed by atoms with Crippen LogP contribution >= 0.6 is 0 Å². The molecule has 0 radical (unpaired) electrons. The number of hydrogen-bond donors (Lipinski definition) is 1. The van der Waals surface area contributed by atoms with Gasteiger partial charge in [0.1, 0.15) is 22.7 Å². The lowest BCUT2D eigenvalue weighted by Gasteiger charge is -2.49. The summed E-state index contributed by atoms with van der Waals surface area (Å²) in [5, 5.41) is 1.48. The summed E-state index contributed by atoms with van der Waals surface area (Å²) >= 11 is 0. The standard InChI is InChI=1S/C36H36N4O8S/c1-36(2,3)48-35(44)38-28-32(42)40-29(34(43)47-30(22-11-7-5-8-12-22)23-13-9-6-10-14-23)25(21-49(45)33(28)40)19-24-17-18-39(31(24)41)26-15-16-27(46-4)37-20-26/h5-16,19-20,28,30,33H,17-18,21H2,1-4H3,(H,38,44)/t28-,33-,49+/m1/s1. The summed E-state index contributed by atoms with van der Waals surface area (Å²) in [5.74, 6) is -1.55. The van der Waals surface area contributed by atoms with Gasteiger partial charge in [-0.1, -0.05) is 60.7 Å². The number of fused-ring (bicyclic) bond motifs is 1. The van der Waals surface area contributed by atoms with Crippen LogP contribution in [0, 0.1) is 0 Å². The zero-order valence-corrected chi connectivity index (χ0v) is 28.3. The minimum atomic E-state index is -1.75. The van der Waals surface area contributed by atoms with E-state index >= 15 is 0 Å². The molecule has 3 aromatic rings. The first-order chi connectivity index (χ1) is 23.4. The van der Waals surface area contributed by atoms with Crippen LogP contribution < -0.4 is 15.0 Å². The Kier molecular flexibility index (Phi) is 9.37. The quantitative estimate of drug-likeness (QED) is 0.210. The third kappa shape index (κ3) is 6.98. The van der Waals surface area contributed by atoms with E-state index in [1.165, 1.54) is 19.4 Å². The normalized spacial score (nSPS) is 21.4. The average molecular weight is 685 g/mol. The second kappa shape index (κ2) is 13.7. The maximum absolute atomic E-state index is 14.3. The van der Waals surface area contributed by atoms with Crippen LogP contribution in [0.4, 0.5) is 10.5 Å². The highest BCUT2D eigenvalue weighted by molar-refractivity contribution is 7.86. The Morgan fingerprint density at radius 1 is 1.00 bits per heavy atom. The summed E-state index contributed by atoms with van der Waals surface area (Å²) in [4.78, 5) is 61.0. The molecule has 3 aliphatic heterocycles. The number of alkyl carbamates (subject to hydrolysis) is 1. The first-order valence-corrected chi connectivity index (χ1v) is 17.1. The fraction of sp³-hybridized carbons (Fsp3) is 0.306. The first kappa shape index (κ1) is 33.6. The lowest BCUT2D eigenvalue weighted by molar-refractivity contribution is -0.153. The lowest BCUT2D eigenvalue weighted by Crippen LogP contribution is -2.73. The Bertz CT molecular complexity index is 1820. The highest BCUT2D eigenvalue weighted by atomic mass is 32.2. The molecule has 12 nitrogen and oxygen atoms in total. The Hall–Kier alpha value is -5.30. The van der Waals surface area contributed by atoms with Crippen LogP contribution in [0.3, 0.4) is 0 Å². The molecule has 0 spiro atoms. The van der Waals surface area contributed by atoms with Crippen molar-refractivity contribution in [3.05, 3.63) is 113 Å². The van der Waals surface area contributed by atoms with Crippen LogP contribution in [-0.2, 0) is 34.7 Å². The number of carbonyl (C=O) groups is 4. The van der Waals surface area contributed by atoms with Gasteiger partial charge < -0.3 is 24.4 Å². The van der Waals surface area contributed by atoms with Gasteiger partial charge in [-0.3, -0.25) is 18.7 Å². The van der Waals surface area contributed by atoms with Crippen molar-refractivity contribution in [3.8, 4) is 5.88 Å². The number of nitrogens with one attached hydrogen (secondary N) is 1. The molecule has 2 saturated heterocycles. The van der Waals surface area contributed by atoms with Crippen LogP contribution in [0.25, 0.3) is 0 Å². The van der Waals surface area contributed by atoms with E-state index in [0.29, 0.717) is 41.2 Å². The number of carbonyl (C=O) groups excluding carboxylic acids is 4. The monoisotopic (exact) mass is 684 g/mol. The summed E-state index contributed by atoms with van der Waals surface area (Å²) in [6.45, 7) is 5.40. The molecule has 49 heavy (non-hydrogen) atoms. The van der Waals surface area contributed by atoms with Crippen molar-refractivity contribution in [3.63, 3.8) is 0 Å². The maximum Gasteiger partial charge on any atom is 0.408 e. The fourth-order valence-corrected chi connectivity index (χ4v) is 7.57. The molecule has 3 aliphatic rings. The van der Waals surface area contributed by atoms with Gasteiger partial charge in [0.15, 0.2) is 6.10 Å². The SMILES string of the molecule is COc1ccc(N2CCC(=CC3=C(C(=O)OC(c4ccccc4)c4ccccc4)N4C(=O)[C@@H](NC(=O)OC(C)(C)C)[C@H]4[S@@](=O)C3)C2=O)cn1. The molecule has 0 aliphatic carbocycles. The number of aromatic nitrogens is 1. The van der Waals surface area contributed by atoms with Gasteiger partial charge in [-0.2, -0.15) is 0 Å². The second-order valence-electron chi connectivity index (χ2n) is 12.7. The Morgan fingerprint density at radius 3 is 2.22 bits per heavy atom. The van der Waals surface area contributed by atoms with E-state index in [1.807, 2.05) is 60.7 Å². The number of pyridine rings is 1. The summed E-state index contributed by atoms with van der Waals surface area (Å²) in [7, 11) is -0.255. The third-order valence-corrected chi connectivity index (χ3v) is 9.78. The highest BCUT2D eigenvalue weighted by Gasteiger charge is 2.58. The molecular formula is C36H36N4O8S. The number of ether oxygens (including phenoxy) is 3. The van der Waals surface area contributed by atoms with E-state index in [-0.39, 0.29) is 22.9 Å². The van der Waals surface area contributed by atoms with E-state index in [0.717, 1.165) is 4.90 Å². The van der Waals surface area contributed by atoms with Crippen LogP contribution in [-0.4, -0.2) is 74.4 Å². The number of β-lactam (4-membered cyclic amide) rings is 1. The molecule has 254 valence electrons. The van der Waals surface area contributed by atoms with Gasteiger partial charge >= 0.3 is 12.1 Å². The number of nitrogens with zero attached hydrogens (tertiary/aromatic N) is 3. The van der Waals surface area contributed by atoms with Gasteiger partial charge in [0, 0.05) is 18.2 Å². The van der Waals surface area contributed by atoms with Crippen molar-refractivity contribution in [1.29, 1.82) is 0 Å². The minimum absolute atomic E-state index is 0.126. The van der Waals surface area contributed by atoms with E-state index in [2.05, 4.69) is 10.3 Å². The zero-order chi connectivity index (χ0) is 34.9. The third-order valence-electron chi connectivity index (χ3n) is 8.17. The second-order valence-corrected chi connectivity index (χ2v) is 14.2. The fourth-order valence-electron chi connectivity index (χ4n) is 5.94. The first-order valence-electron chi connectivity index (χ1n) is 15.7. The molecule has 1 aromatic heterocycles. The summed E-state index contributed by atoms with van der Waals surface area (Å²) < 4.78 is 30.3. The largest absolute Gasteiger partial charge is 0.481 e. The number of hydrogen-bond acceptors (Lipinski definition) is 9. The van der Waals surface area contributed by atoms with Crippen molar-refractivity contribution in [2.24, 2.45) is 0 Å². The van der Waals surface area contributed by atoms with Crippen LogP contribution in [0.15, 0.2) is 102 Å². The van der Waals surface area contributed by atoms with Crippen molar-refractivity contribution >= 4 is 40.4 Å². The summed E-state index contributed by atoms with van der Waals surface area (Å²) in [6.07, 6.45) is 1.72. The maximum atomic E-state index is 14.3. The number of methoxy groups -OCH3 is 1. The smallest absolute Gasteiger partial charge is 0.408 e. The van der Waals surface area contributed by atoms with Crippen molar-refractivity contribution in [1.82, 2.24) is 15.2 Å². The number of anilines is 1. The number of amides is 3. The number of rotatable bonds is 8. The van der Waals surface area contributed by atoms with E-state index in [4.69, 9.17) is 14.2 Å². The van der Waals surface area contributed by atoms with Crippen molar-refractivity contribution < 1.29 is 37.6 Å². The van der Waals surface area contributed by atoms with Gasteiger partial charge in [0.25, 0.3) is 11.8 Å². The molecule has 0 bridgehead atoms. The Morgan fingerprint density at radius 2 is 1.65 bits per heavy atom. The molecule has 0 saturated carbocycles.